The van der Waals surface area contributed by atoms with E-state index in [1.165, 1.54) is 11.1 Å². The third-order valence-corrected chi connectivity index (χ3v) is 3.64. The van der Waals surface area contributed by atoms with Crippen LogP contribution in [0, 0.1) is 6.92 Å². The van der Waals surface area contributed by atoms with Crippen LogP contribution in [0.1, 0.15) is 16.9 Å². The molecular formula is C14H17BrN2O. The van der Waals surface area contributed by atoms with Crippen LogP contribution >= 0.6 is 15.9 Å². The topological polar surface area (TPSA) is 42.4 Å². The van der Waals surface area contributed by atoms with Crippen molar-refractivity contribution in [1.29, 1.82) is 0 Å². The van der Waals surface area contributed by atoms with Crippen LogP contribution in [0.5, 0.6) is 0 Å². The summed E-state index contributed by atoms with van der Waals surface area (Å²) in [7, 11) is 2.09. The van der Waals surface area contributed by atoms with E-state index in [0.29, 0.717) is 0 Å². The van der Waals surface area contributed by atoms with Gasteiger partial charge < -0.3 is 10.2 Å². The van der Waals surface area contributed by atoms with Crippen molar-refractivity contribution in [2.45, 2.75) is 20.0 Å². The molecule has 3 nitrogen and oxygen atoms in total. The van der Waals surface area contributed by atoms with Gasteiger partial charge in [-0.3, -0.25) is 4.90 Å². The Morgan fingerprint density at radius 3 is 2.67 bits per heavy atom. The molecule has 0 amide bonds. The average molecular weight is 309 g/mol. The second-order valence-corrected chi connectivity index (χ2v) is 5.38. The number of aryl methyl sites for hydroxylation is 1. The molecule has 0 saturated heterocycles. The Kier molecular flexibility index (Phi) is 4.09. The van der Waals surface area contributed by atoms with E-state index in [0.717, 1.165) is 29.0 Å². The first-order valence-corrected chi connectivity index (χ1v) is 6.61. The highest BCUT2D eigenvalue weighted by Gasteiger charge is 2.07. The highest BCUT2D eigenvalue weighted by molar-refractivity contribution is 9.10. The molecule has 0 atom stereocenters. The van der Waals surface area contributed by atoms with Crippen LogP contribution in [-0.4, -0.2) is 11.9 Å². The summed E-state index contributed by atoms with van der Waals surface area (Å²) in [5.74, 6) is 0.983. The van der Waals surface area contributed by atoms with Gasteiger partial charge in [0.1, 0.15) is 5.76 Å². The van der Waals surface area contributed by atoms with E-state index in [4.69, 9.17) is 10.2 Å². The first-order chi connectivity index (χ1) is 8.56. The number of nitrogens with two attached hydrogens (primary N) is 1. The Bertz CT molecular complexity index is 536. The molecule has 18 heavy (non-hydrogen) atoms. The summed E-state index contributed by atoms with van der Waals surface area (Å²) in [6.45, 7) is 3.72. The number of furan rings is 1. The molecule has 1 aromatic heterocycles. The molecule has 0 aliphatic rings. The van der Waals surface area contributed by atoms with Crippen molar-refractivity contribution in [1.82, 2.24) is 4.90 Å². The summed E-state index contributed by atoms with van der Waals surface area (Å²) in [5.41, 5.74) is 9.09. The summed E-state index contributed by atoms with van der Waals surface area (Å²) in [6, 6.07) is 8.09. The zero-order valence-electron chi connectivity index (χ0n) is 10.6. The molecule has 1 heterocycles. The summed E-state index contributed by atoms with van der Waals surface area (Å²) in [5, 5.41) is 0. The quantitative estimate of drug-likeness (QED) is 0.878. The molecule has 0 spiro atoms. The highest BCUT2D eigenvalue weighted by atomic mass is 79.9. The van der Waals surface area contributed by atoms with Crippen molar-refractivity contribution in [3.63, 3.8) is 0 Å². The number of hydrogen-bond donors (Lipinski definition) is 1. The molecule has 2 aromatic rings. The van der Waals surface area contributed by atoms with Crippen molar-refractivity contribution in [2.24, 2.45) is 0 Å². The number of halogens is 1. The van der Waals surface area contributed by atoms with Gasteiger partial charge in [-0.1, -0.05) is 6.07 Å². The van der Waals surface area contributed by atoms with E-state index in [2.05, 4.69) is 33.9 Å². The lowest BCUT2D eigenvalue weighted by Crippen LogP contribution is -2.17. The summed E-state index contributed by atoms with van der Waals surface area (Å²) >= 11 is 3.40. The second-order valence-electron chi connectivity index (χ2n) is 4.53. The number of benzene rings is 1. The lowest BCUT2D eigenvalue weighted by atomic mass is 10.2. The van der Waals surface area contributed by atoms with Crippen LogP contribution in [0.25, 0.3) is 0 Å². The summed E-state index contributed by atoms with van der Waals surface area (Å²) < 4.78 is 6.24. The van der Waals surface area contributed by atoms with Crippen molar-refractivity contribution >= 4 is 21.6 Å². The molecule has 2 rings (SSSR count). The van der Waals surface area contributed by atoms with Crippen LogP contribution in [0.15, 0.2) is 39.4 Å². The predicted molar refractivity (Wildman–Crippen MR) is 77.2 cm³/mol. The standard InChI is InChI=1S/C14H17BrN2O/c1-10-12(5-6-18-10)9-17(2)8-11-3-4-13(15)14(16)7-11/h3-7H,8-9,16H2,1-2H3. The Morgan fingerprint density at radius 2 is 2.06 bits per heavy atom. The van der Waals surface area contributed by atoms with E-state index in [-0.39, 0.29) is 0 Å². The first-order valence-electron chi connectivity index (χ1n) is 5.81. The maximum Gasteiger partial charge on any atom is 0.105 e. The Balaban J connectivity index is 2.01. The van der Waals surface area contributed by atoms with Crippen LogP contribution < -0.4 is 5.73 Å². The van der Waals surface area contributed by atoms with Crippen molar-refractivity contribution in [3.05, 3.63) is 51.9 Å². The third-order valence-electron chi connectivity index (χ3n) is 2.92. The monoisotopic (exact) mass is 308 g/mol. The van der Waals surface area contributed by atoms with Crippen LogP contribution in [-0.2, 0) is 13.1 Å². The summed E-state index contributed by atoms with van der Waals surface area (Å²) in [4.78, 5) is 2.24. The van der Waals surface area contributed by atoms with Crippen LogP contribution in [0.2, 0.25) is 0 Å². The van der Waals surface area contributed by atoms with Gasteiger partial charge in [0.15, 0.2) is 0 Å². The molecule has 0 unspecified atom stereocenters. The van der Waals surface area contributed by atoms with Gasteiger partial charge in [0.05, 0.1) is 6.26 Å². The van der Waals surface area contributed by atoms with E-state index >= 15 is 0 Å². The number of nitrogen functional groups attached to an aromatic ring is 1. The fourth-order valence-electron chi connectivity index (χ4n) is 1.93. The predicted octanol–water partition coefficient (Wildman–Crippen LogP) is 3.56. The lowest BCUT2D eigenvalue weighted by Gasteiger charge is -2.16. The zero-order chi connectivity index (χ0) is 13.1. The molecule has 96 valence electrons. The Hall–Kier alpha value is -1.26. The molecule has 0 saturated carbocycles. The lowest BCUT2D eigenvalue weighted by molar-refractivity contribution is 0.316. The number of anilines is 1. The summed E-state index contributed by atoms with van der Waals surface area (Å²) in [6.07, 6.45) is 1.73. The maximum absolute atomic E-state index is 5.88. The van der Waals surface area contributed by atoms with E-state index < -0.39 is 0 Å². The molecule has 4 heteroatoms. The second kappa shape index (κ2) is 5.59. The first kappa shape index (κ1) is 13.2. The number of nitrogens with zero attached hydrogens (tertiary/aromatic N) is 1. The average Bonchev–Trinajstić information content (AvgIpc) is 2.70. The van der Waals surface area contributed by atoms with Gasteiger partial charge in [0.25, 0.3) is 0 Å². The van der Waals surface area contributed by atoms with E-state index in [1.54, 1.807) is 6.26 Å². The molecule has 0 aliphatic heterocycles. The molecule has 0 aliphatic carbocycles. The minimum absolute atomic E-state index is 0.778. The van der Waals surface area contributed by atoms with Crippen molar-refractivity contribution < 1.29 is 4.42 Å². The Morgan fingerprint density at radius 1 is 1.28 bits per heavy atom. The molecule has 1 aromatic carbocycles. The minimum atomic E-state index is 0.778. The van der Waals surface area contributed by atoms with Gasteiger partial charge in [0, 0.05) is 28.8 Å². The van der Waals surface area contributed by atoms with Crippen LogP contribution in [0.3, 0.4) is 0 Å². The minimum Gasteiger partial charge on any atom is -0.469 e. The van der Waals surface area contributed by atoms with Gasteiger partial charge in [-0.05, 0) is 53.7 Å². The van der Waals surface area contributed by atoms with E-state index in [1.807, 2.05) is 25.1 Å². The fraction of sp³-hybridized carbons (Fsp3) is 0.286. The van der Waals surface area contributed by atoms with Gasteiger partial charge in [-0.2, -0.15) is 0 Å². The van der Waals surface area contributed by atoms with Crippen LogP contribution in [0.4, 0.5) is 5.69 Å². The van der Waals surface area contributed by atoms with Gasteiger partial charge >= 0.3 is 0 Å². The smallest absolute Gasteiger partial charge is 0.105 e. The highest BCUT2D eigenvalue weighted by Crippen LogP contribution is 2.21. The number of rotatable bonds is 4. The fourth-order valence-corrected chi connectivity index (χ4v) is 2.17. The third kappa shape index (κ3) is 3.15. The maximum atomic E-state index is 5.88. The molecular weight excluding hydrogens is 292 g/mol. The van der Waals surface area contributed by atoms with Crippen molar-refractivity contribution in [2.75, 3.05) is 12.8 Å². The van der Waals surface area contributed by atoms with Gasteiger partial charge in [0.2, 0.25) is 0 Å². The van der Waals surface area contributed by atoms with Gasteiger partial charge in [-0.15, -0.1) is 0 Å². The molecule has 2 N–H and O–H groups in total. The normalized spacial score (nSPS) is 11.1. The zero-order valence-corrected chi connectivity index (χ0v) is 12.2. The molecule has 0 radical (unpaired) electrons. The Labute approximate surface area is 116 Å². The molecule has 0 bridgehead atoms. The van der Waals surface area contributed by atoms with Gasteiger partial charge in [-0.25, -0.2) is 0 Å². The number of hydrogen-bond acceptors (Lipinski definition) is 3. The van der Waals surface area contributed by atoms with Crippen molar-refractivity contribution in [3.8, 4) is 0 Å². The SMILES string of the molecule is Cc1occc1CN(C)Cc1ccc(Br)c(N)c1. The van der Waals surface area contributed by atoms with E-state index in [9.17, 15) is 0 Å². The largest absolute Gasteiger partial charge is 0.469 e. The molecule has 0 fully saturated rings.